The summed E-state index contributed by atoms with van der Waals surface area (Å²) in [6, 6.07) is 18.9. The molecule has 3 aromatic carbocycles. The van der Waals surface area contributed by atoms with Crippen LogP contribution in [0.2, 0.25) is 5.02 Å². The first-order valence-electron chi connectivity index (χ1n) is 8.65. The van der Waals surface area contributed by atoms with Crippen LogP contribution in [0.25, 0.3) is 0 Å². The van der Waals surface area contributed by atoms with Crippen LogP contribution in [0.5, 0.6) is 11.5 Å². The van der Waals surface area contributed by atoms with Gasteiger partial charge in [-0.1, -0.05) is 29.8 Å². The molecule has 1 N–H and O–H groups in total. The summed E-state index contributed by atoms with van der Waals surface area (Å²) in [6.45, 7) is 0. The second-order valence-corrected chi connectivity index (χ2v) is 8.04. The predicted molar refractivity (Wildman–Crippen MR) is 114 cm³/mol. The van der Waals surface area contributed by atoms with Crippen LogP contribution in [-0.2, 0) is 10.0 Å². The third kappa shape index (κ3) is 5.37. The summed E-state index contributed by atoms with van der Waals surface area (Å²) in [4.78, 5) is 14.5. The number of halogens is 1. The number of carbonyl (C=O) groups excluding carboxylic acids is 1. The monoisotopic (exact) mass is 444 g/mol. The lowest BCUT2D eigenvalue weighted by Crippen LogP contribution is -2.18. The molecule has 0 atom stereocenters. The maximum atomic E-state index is 12.2. The van der Waals surface area contributed by atoms with Crippen molar-refractivity contribution in [2.75, 3.05) is 7.11 Å². The van der Waals surface area contributed by atoms with Gasteiger partial charge in [-0.05, 0) is 60.2 Å². The van der Waals surface area contributed by atoms with Crippen molar-refractivity contribution in [1.82, 2.24) is 4.83 Å². The number of esters is 1. The summed E-state index contributed by atoms with van der Waals surface area (Å²) in [6.07, 6.45) is 1.29. The molecule has 0 bridgehead atoms. The van der Waals surface area contributed by atoms with Crippen molar-refractivity contribution in [2.24, 2.45) is 5.10 Å². The fourth-order valence-electron chi connectivity index (χ4n) is 2.39. The highest BCUT2D eigenvalue weighted by atomic mass is 35.5. The second kappa shape index (κ2) is 9.43. The highest BCUT2D eigenvalue weighted by Gasteiger charge is 2.13. The van der Waals surface area contributed by atoms with E-state index >= 15 is 0 Å². The molecule has 0 heterocycles. The molecule has 7 nitrogen and oxygen atoms in total. The third-order valence-corrected chi connectivity index (χ3v) is 5.46. The molecule has 3 rings (SSSR count). The maximum absolute atomic E-state index is 12.2. The van der Waals surface area contributed by atoms with Gasteiger partial charge in [0.2, 0.25) is 0 Å². The van der Waals surface area contributed by atoms with Crippen molar-refractivity contribution in [1.29, 1.82) is 0 Å². The van der Waals surface area contributed by atoms with E-state index in [-0.39, 0.29) is 15.7 Å². The Morgan fingerprint density at radius 1 is 1.03 bits per heavy atom. The van der Waals surface area contributed by atoms with Gasteiger partial charge in [0.05, 0.1) is 28.8 Å². The third-order valence-electron chi connectivity index (χ3n) is 3.92. The van der Waals surface area contributed by atoms with Crippen LogP contribution >= 0.6 is 11.6 Å². The standard InChI is InChI=1S/C21H17ClN2O5S/c1-28-17-10-8-16(9-11-17)21(25)29-20-12-7-15(13-19(20)22)14-23-24-30(26,27)18-5-3-2-4-6-18/h2-14,24H,1H3. The summed E-state index contributed by atoms with van der Waals surface area (Å²) in [5, 5.41) is 3.92. The van der Waals surface area contributed by atoms with Crippen molar-refractivity contribution in [3.05, 3.63) is 88.9 Å². The zero-order chi connectivity index (χ0) is 21.6. The van der Waals surface area contributed by atoms with E-state index in [1.54, 1.807) is 48.5 Å². The Morgan fingerprint density at radius 2 is 1.73 bits per heavy atom. The molecule has 0 amide bonds. The molecule has 9 heteroatoms. The van der Waals surface area contributed by atoms with E-state index in [4.69, 9.17) is 21.1 Å². The summed E-state index contributed by atoms with van der Waals surface area (Å²) in [5.74, 6) is 0.215. The zero-order valence-electron chi connectivity index (χ0n) is 15.8. The average molecular weight is 445 g/mol. The summed E-state index contributed by atoms with van der Waals surface area (Å²) >= 11 is 6.18. The number of hydrazone groups is 1. The first-order chi connectivity index (χ1) is 14.4. The topological polar surface area (TPSA) is 94.1 Å². The molecular formula is C21H17ClN2O5S. The Labute approximate surface area is 179 Å². The van der Waals surface area contributed by atoms with Crippen LogP contribution in [0.1, 0.15) is 15.9 Å². The SMILES string of the molecule is COc1ccc(C(=O)Oc2ccc(C=NNS(=O)(=O)c3ccccc3)cc2Cl)cc1. The van der Waals surface area contributed by atoms with Crippen LogP contribution < -0.4 is 14.3 Å². The summed E-state index contributed by atoms with van der Waals surface area (Å²) < 4.78 is 34.6. The van der Waals surface area contributed by atoms with E-state index in [0.717, 1.165) is 0 Å². The van der Waals surface area contributed by atoms with Crippen molar-refractivity contribution < 1.29 is 22.7 Å². The van der Waals surface area contributed by atoms with Crippen LogP contribution in [0.4, 0.5) is 0 Å². The van der Waals surface area contributed by atoms with E-state index in [9.17, 15) is 13.2 Å². The summed E-state index contributed by atoms with van der Waals surface area (Å²) in [5.41, 5.74) is 0.854. The number of benzene rings is 3. The fourth-order valence-corrected chi connectivity index (χ4v) is 3.43. The molecule has 0 spiro atoms. The van der Waals surface area contributed by atoms with E-state index in [1.807, 2.05) is 0 Å². The van der Waals surface area contributed by atoms with Crippen molar-refractivity contribution in [3.63, 3.8) is 0 Å². The molecule has 30 heavy (non-hydrogen) atoms. The second-order valence-electron chi connectivity index (χ2n) is 5.97. The van der Waals surface area contributed by atoms with Gasteiger partial charge in [-0.3, -0.25) is 0 Å². The number of sulfonamides is 1. The number of methoxy groups -OCH3 is 1. The number of hydrogen-bond acceptors (Lipinski definition) is 6. The van der Waals surface area contributed by atoms with Gasteiger partial charge in [0.1, 0.15) is 11.5 Å². The molecule has 0 saturated carbocycles. The first kappa shape index (κ1) is 21.4. The molecule has 0 saturated heterocycles. The Bertz CT molecular complexity index is 1160. The lowest BCUT2D eigenvalue weighted by atomic mass is 10.2. The Balaban J connectivity index is 1.66. The maximum Gasteiger partial charge on any atom is 0.343 e. The van der Waals surface area contributed by atoms with Crippen LogP contribution in [0.15, 0.2) is 82.8 Å². The molecule has 0 unspecified atom stereocenters. The smallest absolute Gasteiger partial charge is 0.343 e. The number of ether oxygens (including phenoxy) is 2. The quantitative estimate of drug-likeness (QED) is 0.258. The van der Waals surface area contributed by atoms with Gasteiger partial charge >= 0.3 is 5.97 Å². The predicted octanol–water partition coefficient (Wildman–Crippen LogP) is 3.88. The fraction of sp³-hybridized carbons (Fsp3) is 0.0476. The zero-order valence-corrected chi connectivity index (χ0v) is 17.4. The van der Waals surface area contributed by atoms with Gasteiger partial charge in [-0.15, -0.1) is 0 Å². The van der Waals surface area contributed by atoms with E-state index in [2.05, 4.69) is 9.93 Å². The van der Waals surface area contributed by atoms with Gasteiger partial charge in [0.15, 0.2) is 0 Å². The number of rotatable bonds is 7. The Hall–Kier alpha value is -3.36. The average Bonchev–Trinajstić information content (AvgIpc) is 2.76. The molecule has 0 fully saturated rings. The molecule has 3 aromatic rings. The van der Waals surface area contributed by atoms with Crippen LogP contribution in [0, 0.1) is 0 Å². The van der Waals surface area contributed by atoms with Crippen molar-refractivity contribution in [3.8, 4) is 11.5 Å². The molecule has 0 aliphatic heterocycles. The van der Waals surface area contributed by atoms with Gasteiger partial charge in [0.25, 0.3) is 10.0 Å². The van der Waals surface area contributed by atoms with E-state index in [1.165, 1.54) is 37.6 Å². The van der Waals surface area contributed by atoms with Crippen LogP contribution in [0.3, 0.4) is 0 Å². The van der Waals surface area contributed by atoms with Crippen LogP contribution in [-0.4, -0.2) is 27.7 Å². The van der Waals surface area contributed by atoms with Gasteiger partial charge in [0, 0.05) is 0 Å². The molecular weight excluding hydrogens is 428 g/mol. The lowest BCUT2D eigenvalue weighted by molar-refractivity contribution is 0.0735. The molecule has 0 radical (unpaired) electrons. The normalized spacial score (nSPS) is 11.3. The Kier molecular flexibility index (Phi) is 6.71. The van der Waals surface area contributed by atoms with Crippen molar-refractivity contribution >= 4 is 33.8 Å². The Morgan fingerprint density at radius 3 is 2.37 bits per heavy atom. The number of nitrogens with one attached hydrogen (secondary N) is 1. The number of nitrogens with zero attached hydrogens (tertiary/aromatic N) is 1. The van der Waals surface area contributed by atoms with Gasteiger partial charge in [-0.25, -0.2) is 9.63 Å². The van der Waals surface area contributed by atoms with Gasteiger partial charge in [-0.2, -0.15) is 13.5 Å². The minimum atomic E-state index is -3.76. The largest absolute Gasteiger partial charge is 0.497 e. The van der Waals surface area contributed by atoms with Gasteiger partial charge < -0.3 is 9.47 Å². The highest BCUT2D eigenvalue weighted by molar-refractivity contribution is 7.89. The molecule has 154 valence electrons. The molecule has 0 aromatic heterocycles. The van der Waals surface area contributed by atoms with E-state index in [0.29, 0.717) is 16.9 Å². The minimum absolute atomic E-state index is 0.0981. The number of carbonyl (C=O) groups is 1. The number of hydrogen-bond donors (Lipinski definition) is 1. The first-order valence-corrected chi connectivity index (χ1v) is 10.5. The van der Waals surface area contributed by atoms with E-state index < -0.39 is 16.0 Å². The lowest BCUT2D eigenvalue weighted by Gasteiger charge is -2.07. The summed E-state index contributed by atoms with van der Waals surface area (Å²) in [7, 11) is -2.23. The van der Waals surface area contributed by atoms with Crippen molar-refractivity contribution in [2.45, 2.75) is 4.90 Å². The highest BCUT2D eigenvalue weighted by Crippen LogP contribution is 2.26. The molecule has 0 aliphatic carbocycles. The molecule has 0 aliphatic rings. The minimum Gasteiger partial charge on any atom is -0.497 e.